The van der Waals surface area contributed by atoms with Crippen molar-refractivity contribution in [1.82, 2.24) is 0 Å². The molecule has 1 aliphatic rings. The number of hydrogen-bond acceptors (Lipinski definition) is 1. The highest BCUT2D eigenvalue weighted by molar-refractivity contribution is 6.39. The summed E-state index contributed by atoms with van der Waals surface area (Å²) in [6.45, 7) is 3.30. The maximum Gasteiger partial charge on any atom is 0.0636 e. The van der Waals surface area contributed by atoms with E-state index in [9.17, 15) is 0 Å². The molecule has 0 N–H and O–H groups in total. The fraction of sp³-hybridized carbons (Fsp3) is 0.625. The van der Waals surface area contributed by atoms with E-state index < -0.39 is 0 Å². The van der Waals surface area contributed by atoms with Gasteiger partial charge < -0.3 is 4.74 Å². The van der Waals surface area contributed by atoms with Gasteiger partial charge in [0.15, 0.2) is 0 Å². The van der Waals surface area contributed by atoms with E-state index in [0.29, 0.717) is 5.73 Å². The third-order valence-corrected chi connectivity index (χ3v) is 6.62. The Labute approximate surface area is 114 Å². The quantitative estimate of drug-likeness (QED) is 0.712. The van der Waals surface area contributed by atoms with Gasteiger partial charge in [-0.15, -0.1) is 0 Å². The van der Waals surface area contributed by atoms with Gasteiger partial charge in [0.25, 0.3) is 0 Å². The van der Waals surface area contributed by atoms with Crippen LogP contribution in [0.5, 0.6) is 0 Å². The molecule has 100 valence electrons. The lowest BCUT2D eigenvalue weighted by molar-refractivity contribution is 0.0642. The first-order valence-corrected chi connectivity index (χ1v) is 9.20. The number of benzene rings is 1. The van der Waals surface area contributed by atoms with Crippen molar-refractivity contribution in [2.45, 2.75) is 56.7 Å². The second kappa shape index (κ2) is 7.75. The molecule has 1 heterocycles. The summed E-state index contributed by atoms with van der Waals surface area (Å²) in [5.41, 5.74) is 3.03. The molecule has 0 bridgehead atoms. The second-order valence-electron chi connectivity index (χ2n) is 5.47. The zero-order valence-corrected chi connectivity index (χ0v) is 13.0. The fourth-order valence-electron chi connectivity index (χ4n) is 2.91. The molecule has 1 aliphatic heterocycles. The molecule has 1 saturated heterocycles. The lowest BCUT2D eigenvalue weighted by Gasteiger charge is -2.27. The molecule has 1 aromatic carbocycles. The Hall–Kier alpha value is -0.603. The minimum atomic E-state index is -0.161. The standard InChI is InChI=1S/C16H26OSi/c1-2-3-11-15(14-9-5-4-6-10-14)18-16-12-7-8-13-17-16/h4-6,9-10,15-16H,2-3,7-8,11-13,18H2,1H3. The Morgan fingerprint density at radius 2 is 2.11 bits per heavy atom. The van der Waals surface area contributed by atoms with E-state index in [0.717, 1.165) is 12.1 Å². The molecule has 18 heavy (non-hydrogen) atoms. The molecule has 2 unspecified atom stereocenters. The van der Waals surface area contributed by atoms with E-state index in [1.54, 1.807) is 5.56 Å². The van der Waals surface area contributed by atoms with Crippen molar-refractivity contribution in [2.24, 2.45) is 0 Å². The molecule has 2 atom stereocenters. The zero-order chi connectivity index (χ0) is 12.6. The lowest BCUT2D eigenvalue weighted by Crippen LogP contribution is -2.29. The van der Waals surface area contributed by atoms with Gasteiger partial charge >= 0.3 is 0 Å². The van der Waals surface area contributed by atoms with Gasteiger partial charge in [0.2, 0.25) is 0 Å². The van der Waals surface area contributed by atoms with Gasteiger partial charge in [-0.1, -0.05) is 50.1 Å². The SMILES string of the molecule is CCCCC([SiH2]C1CCCCO1)c1ccccc1. The Kier molecular flexibility index (Phi) is 5.95. The molecule has 0 radical (unpaired) electrons. The average Bonchev–Trinajstić information content (AvgIpc) is 2.45. The van der Waals surface area contributed by atoms with Gasteiger partial charge in [0, 0.05) is 12.3 Å². The van der Waals surface area contributed by atoms with Gasteiger partial charge in [-0.05, 0) is 36.8 Å². The highest BCUT2D eigenvalue weighted by atomic mass is 28.2. The molecule has 0 amide bonds. The third-order valence-electron chi connectivity index (χ3n) is 4.00. The van der Waals surface area contributed by atoms with Crippen LogP contribution in [0, 0.1) is 0 Å². The maximum atomic E-state index is 5.97. The van der Waals surface area contributed by atoms with E-state index >= 15 is 0 Å². The van der Waals surface area contributed by atoms with Crippen LogP contribution in [0.2, 0.25) is 0 Å². The van der Waals surface area contributed by atoms with Crippen LogP contribution in [0.3, 0.4) is 0 Å². The summed E-state index contributed by atoms with van der Waals surface area (Å²) < 4.78 is 5.97. The summed E-state index contributed by atoms with van der Waals surface area (Å²) in [5.74, 6) is 0. The van der Waals surface area contributed by atoms with Crippen LogP contribution in [0.1, 0.15) is 56.6 Å². The summed E-state index contributed by atoms with van der Waals surface area (Å²) >= 11 is 0. The molecule has 2 heteroatoms. The Morgan fingerprint density at radius 3 is 2.78 bits per heavy atom. The number of rotatable bonds is 6. The summed E-state index contributed by atoms with van der Waals surface area (Å²) in [7, 11) is -0.161. The molecule has 1 aromatic rings. The minimum absolute atomic E-state index is 0.161. The van der Waals surface area contributed by atoms with Gasteiger partial charge in [0.05, 0.1) is 9.52 Å². The molecule has 0 aromatic heterocycles. The molecule has 0 aliphatic carbocycles. The molecular weight excluding hydrogens is 236 g/mol. The molecular formula is C16H26OSi. The van der Waals surface area contributed by atoms with Crippen molar-refractivity contribution in [2.75, 3.05) is 6.61 Å². The molecule has 1 fully saturated rings. The summed E-state index contributed by atoms with van der Waals surface area (Å²) in [6, 6.07) is 11.1. The van der Waals surface area contributed by atoms with E-state index in [4.69, 9.17) is 4.74 Å². The molecule has 2 rings (SSSR count). The van der Waals surface area contributed by atoms with E-state index in [2.05, 4.69) is 37.3 Å². The monoisotopic (exact) mass is 262 g/mol. The molecule has 0 saturated carbocycles. The predicted octanol–water partition coefficient (Wildman–Crippen LogP) is 3.61. The highest BCUT2D eigenvalue weighted by Gasteiger charge is 2.21. The minimum Gasteiger partial charge on any atom is -0.382 e. The van der Waals surface area contributed by atoms with Crippen molar-refractivity contribution in [1.29, 1.82) is 0 Å². The summed E-state index contributed by atoms with van der Waals surface area (Å²) in [5, 5.41) is 0. The topological polar surface area (TPSA) is 9.23 Å². The van der Waals surface area contributed by atoms with Crippen LogP contribution in [0.4, 0.5) is 0 Å². The average molecular weight is 262 g/mol. The van der Waals surface area contributed by atoms with Crippen molar-refractivity contribution in [3.8, 4) is 0 Å². The number of ether oxygens (including phenoxy) is 1. The molecule has 1 nitrogen and oxygen atoms in total. The van der Waals surface area contributed by atoms with Crippen LogP contribution < -0.4 is 0 Å². The number of hydrogen-bond donors (Lipinski definition) is 0. The van der Waals surface area contributed by atoms with Crippen LogP contribution in [-0.2, 0) is 4.74 Å². The van der Waals surface area contributed by atoms with Crippen LogP contribution in [0.25, 0.3) is 0 Å². The van der Waals surface area contributed by atoms with Gasteiger partial charge in [-0.2, -0.15) is 0 Å². The fourth-order valence-corrected chi connectivity index (χ4v) is 5.44. The van der Waals surface area contributed by atoms with E-state index in [-0.39, 0.29) is 9.52 Å². The Balaban J connectivity index is 1.95. The maximum absolute atomic E-state index is 5.97. The third kappa shape index (κ3) is 4.25. The second-order valence-corrected chi connectivity index (χ2v) is 7.84. The van der Waals surface area contributed by atoms with Crippen molar-refractivity contribution in [3.63, 3.8) is 0 Å². The van der Waals surface area contributed by atoms with Gasteiger partial charge in [0.1, 0.15) is 0 Å². The van der Waals surface area contributed by atoms with Gasteiger partial charge in [-0.25, -0.2) is 0 Å². The van der Waals surface area contributed by atoms with Crippen molar-refractivity contribution < 1.29 is 4.74 Å². The van der Waals surface area contributed by atoms with Crippen LogP contribution >= 0.6 is 0 Å². The van der Waals surface area contributed by atoms with Crippen LogP contribution in [-0.4, -0.2) is 21.9 Å². The summed E-state index contributed by atoms with van der Waals surface area (Å²) in [4.78, 5) is 0. The van der Waals surface area contributed by atoms with Gasteiger partial charge in [-0.3, -0.25) is 0 Å². The first-order valence-electron chi connectivity index (χ1n) is 7.56. The molecule has 0 spiro atoms. The van der Waals surface area contributed by atoms with E-state index in [1.165, 1.54) is 38.5 Å². The van der Waals surface area contributed by atoms with E-state index in [1.807, 2.05) is 0 Å². The Bertz CT molecular complexity index is 319. The van der Waals surface area contributed by atoms with Crippen molar-refractivity contribution in [3.05, 3.63) is 35.9 Å². The lowest BCUT2D eigenvalue weighted by atomic mass is 10.1. The highest BCUT2D eigenvalue weighted by Crippen LogP contribution is 2.24. The first kappa shape index (κ1) is 13.8. The smallest absolute Gasteiger partial charge is 0.0636 e. The Morgan fingerprint density at radius 1 is 1.28 bits per heavy atom. The predicted molar refractivity (Wildman–Crippen MR) is 80.8 cm³/mol. The largest absolute Gasteiger partial charge is 0.382 e. The normalized spacial score (nSPS) is 22.4. The number of unbranched alkanes of at least 4 members (excludes halogenated alkanes) is 1. The first-order chi connectivity index (χ1) is 8.90. The van der Waals surface area contributed by atoms with Crippen molar-refractivity contribution >= 4 is 9.52 Å². The zero-order valence-electron chi connectivity index (χ0n) is 11.6. The van der Waals surface area contributed by atoms with Crippen LogP contribution in [0.15, 0.2) is 30.3 Å². The summed E-state index contributed by atoms with van der Waals surface area (Å²) in [6.07, 6.45) is 8.01.